The Kier molecular flexibility index (Phi) is 4.60. The SMILES string of the molecule is CCn1nc(C)c(Br)c1CC(=O)c1c(F)cccc1Cl. The van der Waals surface area contributed by atoms with Crippen LogP contribution in [0, 0.1) is 12.7 Å². The van der Waals surface area contributed by atoms with E-state index >= 15 is 0 Å². The van der Waals surface area contributed by atoms with E-state index in [-0.39, 0.29) is 22.8 Å². The van der Waals surface area contributed by atoms with Crippen molar-refractivity contribution in [1.82, 2.24) is 9.78 Å². The van der Waals surface area contributed by atoms with Gasteiger partial charge in [-0.25, -0.2) is 4.39 Å². The van der Waals surface area contributed by atoms with E-state index in [1.54, 1.807) is 4.68 Å². The summed E-state index contributed by atoms with van der Waals surface area (Å²) in [6, 6.07) is 4.22. The molecule has 0 atom stereocenters. The number of aromatic nitrogens is 2. The number of ketones is 1. The predicted molar refractivity (Wildman–Crippen MR) is 79.8 cm³/mol. The molecule has 6 heteroatoms. The lowest BCUT2D eigenvalue weighted by molar-refractivity contribution is 0.0986. The summed E-state index contributed by atoms with van der Waals surface area (Å²) in [5.41, 5.74) is 1.46. The number of carbonyl (C=O) groups is 1. The molecule has 0 aliphatic rings. The van der Waals surface area contributed by atoms with Crippen LogP contribution < -0.4 is 0 Å². The Bertz CT molecular complexity index is 649. The maximum absolute atomic E-state index is 13.8. The van der Waals surface area contributed by atoms with Gasteiger partial charge in [0, 0.05) is 6.54 Å². The van der Waals surface area contributed by atoms with E-state index in [0.29, 0.717) is 6.54 Å². The number of aryl methyl sites for hydroxylation is 2. The highest BCUT2D eigenvalue weighted by atomic mass is 79.9. The standard InChI is InChI=1S/C14H13BrClFN2O/c1-3-19-11(14(15)8(2)18-19)7-12(20)13-9(16)5-4-6-10(13)17/h4-6H,3,7H2,1-2H3. The van der Waals surface area contributed by atoms with E-state index in [2.05, 4.69) is 21.0 Å². The minimum Gasteiger partial charge on any atom is -0.294 e. The number of benzene rings is 1. The first-order valence-electron chi connectivity index (χ1n) is 6.14. The minimum atomic E-state index is -0.599. The van der Waals surface area contributed by atoms with Gasteiger partial charge in [-0.1, -0.05) is 17.7 Å². The van der Waals surface area contributed by atoms with Gasteiger partial charge in [-0.05, 0) is 41.9 Å². The van der Waals surface area contributed by atoms with Gasteiger partial charge in [-0.3, -0.25) is 9.48 Å². The topological polar surface area (TPSA) is 34.9 Å². The van der Waals surface area contributed by atoms with E-state index in [1.165, 1.54) is 18.2 Å². The Hall–Kier alpha value is -1.20. The van der Waals surface area contributed by atoms with Crippen molar-refractivity contribution >= 4 is 33.3 Å². The molecule has 2 aromatic rings. The van der Waals surface area contributed by atoms with Gasteiger partial charge in [-0.2, -0.15) is 5.10 Å². The average molecular weight is 360 g/mol. The summed E-state index contributed by atoms with van der Waals surface area (Å²) in [4.78, 5) is 12.3. The van der Waals surface area contributed by atoms with Crippen LogP contribution in [0.25, 0.3) is 0 Å². The number of nitrogens with zero attached hydrogens (tertiary/aromatic N) is 2. The third kappa shape index (κ3) is 2.79. The number of hydrogen-bond donors (Lipinski definition) is 0. The van der Waals surface area contributed by atoms with Crippen molar-refractivity contribution in [2.24, 2.45) is 0 Å². The predicted octanol–water partition coefficient (Wildman–Crippen LogP) is 4.19. The van der Waals surface area contributed by atoms with Crippen LogP contribution in [0.1, 0.15) is 28.7 Å². The zero-order chi connectivity index (χ0) is 14.9. The molecule has 0 saturated heterocycles. The monoisotopic (exact) mass is 358 g/mol. The number of Topliss-reactive ketones (excluding diaryl/α,β-unsaturated/α-hetero) is 1. The number of rotatable bonds is 4. The molecule has 20 heavy (non-hydrogen) atoms. The Morgan fingerprint density at radius 3 is 2.80 bits per heavy atom. The quantitative estimate of drug-likeness (QED) is 0.767. The van der Waals surface area contributed by atoms with Gasteiger partial charge < -0.3 is 0 Å². The van der Waals surface area contributed by atoms with Crippen molar-refractivity contribution in [1.29, 1.82) is 0 Å². The maximum atomic E-state index is 13.8. The highest BCUT2D eigenvalue weighted by Crippen LogP contribution is 2.25. The molecule has 0 aliphatic carbocycles. The zero-order valence-electron chi connectivity index (χ0n) is 11.1. The van der Waals surface area contributed by atoms with Crippen molar-refractivity contribution < 1.29 is 9.18 Å². The van der Waals surface area contributed by atoms with Gasteiger partial charge >= 0.3 is 0 Å². The first-order chi connectivity index (χ1) is 9.45. The van der Waals surface area contributed by atoms with Crippen molar-refractivity contribution in [3.63, 3.8) is 0 Å². The van der Waals surface area contributed by atoms with Crippen LogP contribution in [0.4, 0.5) is 4.39 Å². The lowest BCUT2D eigenvalue weighted by Crippen LogP contribution is -2.12. The molecule has 106 valence electrons. The fourth-order valence-corrected chi connectivity index (χ4v) is 2.74. The van der Waals surface area contributed by atoms with Crippen LogP contribution in [0.3, 0.4) is 0 Å². The second-order valence-corrected chi connectivity index (χ2v) is 5.56. The molecular weight excluding hydrogens is 347 g/mol. The summed E-state index contributed by atoms with van der Waals surface area (Å²) in [5, 5.41) is 4.44. The van der Waals surface area contributed by atoms with Gasteiger partial charge in [0.15, 0.2) is 5.78 Å². The molecule has 0 unspecified atom stereocenters. The van der Waals surface area contributed by atoms with Crippen LogP contribution in [0.2, 0.25) is 5.02 Å². The van der Waals surface area contributed by atoms with Crippen molar-refractivity contribution in [2.75, 3.05) is 0 Å². The molecule has 3 nitrogen and oxygen atoms in total. The summed E-state index contributed by atoms with van der Waals surface area (Å²) in [6.45, 7) is 4.42. The number of hydrogen-bond acceptors (Lipinski definition) is 2. The van der Waals surface area contributed by atoms with E-state index in [1.807, 2.05) is 13.8 Å². The van der Waals surface area contributed by atoms with E-state index in [4.69, 9.17) is 11.6 Å². The summed E-state index contributed by atoms with van der Waals surface area (Å²) in [7, 11) is 0. The molecule has 0 amide bonds. The van der Waals surface area contributed by atoms with E-state index < -0.39 is 5.82 Å². The van der Waals surface area contributed by atoms with Crippen LogP contribution in [-0.2, 0) is 13.0 Å². The number of carbonyl (C=O) groups excluding carboxylic acids is 1. The maximum Gasteiger partial charge on any atom is 0.173 e. The lowest BCUT2D eigenvalue weighted by atomic mass is 10.1. The fourth-order valence-electron chi connectivity index (χ4n) is 2.04. The summed E-state index contributed by atoms with van der Waals surface area (Å²) in [5.74, 6) is -0.957. The molecule has 0 saturated carbocycles. The smallest absolute Gasteiger partial charge is 0.173 e. The highest BCUT2D eigenvalue weighted by Gasteiger charge is 2.20. The van der Waals surface area contributed by atoms with Crippen LogP contribution in [-0.4, -0.2) is 15.6 Å². The van der Waals surface area contributed by atoms with Gasteiger partial charge in [0.05, 0.1) is 32.9 Å². The third-order valence-electron chi connectivity index (χ3n) is 3.02. The van der Waals surface area contributed by atoms with Crippen LogP contribution >= 0.6 is 27.5 Å². The normalized spacial score (nSPS) is 10.8. The largest absolute Gasteiger partial charge is 0.294 e. The molecule has 0 aliphatic heterocycles. The Labute approximate surface area is 129 Å². The molecule has 0 spiro atoms. The minimum absolute atomic E-state index is 0.0515. The number of halogens is 3. The van der Waals surface area contributed by atoms with Gasteiger partial charge in [0.25, 0.3) is 0 Å². The Morgan fingerprint density at radius 2 is 2.20 bits per heavy atom. The zero-order valence-corrected chi connectivity index (χ0v) is 13.4. The average Bonchev–Trinajstić information content (AvgIpc) is 2.66. The first-order valence-corrected chi connectivity index (χ1v) is 7.31. The summed E-state index contributed by atoms with van der Waals surface area (Å²) in [6.07, 6.45) is 0.0515. The molecule has 1 aromatic heterocycles. The lowest BCUT2D eigenvalue weighted by Gasteiger charge is -2.07. The van der Waals surface area contributed by atoms with Crippen LogP contribution in [0.5, 0.6) is 0 Å². The molecule has 0 N–H and O–H groups in total. The second kappa shape index (κ2) is 6.06. The first kappa shape index (κ1) is 15.2. The molecular formula is C14H13BrClFN2O. The Balaban J connectivity index is 2.38. The highest BCUT2D eigenvalue weighted by molar-refractivity contribution is 9.10. The third-order valence-corrected chi connectivity index (χ3v) is 4.37. The van der Waals surface area contributed by atoms with Gasteiger partial charge in [-0.15, -0.1) is 0 Å². The van der Waals surface area contributed by atoms with Crippen molar-refractivity contribution in [3.05, 3.63) is 50.5 Å². The van der Waals surface area contributed by atoms with Gasteiger partial charge in [0.2, 0.25) is 0 Å². The summed E-state index contributed by atoms with van der Waals surface area (Å²) >= 11 is 9.33. The summed E-state index contributed by atoms with van der Waals surface area (Å²) < 4.78 is 16.3. The molecule has 0 bridgehead atoms. The van der Waals surface area contributed by atoms with Crippen LogP contribution in [0.15, 0.2) is 22.7 Å². The molecule has 1 heterocycles. The van der Waals surface area contributed by atoms with Crippen molar-refractivity contribution in [3.8, 4) is 0 Å². The second-order valence-electron chi connectivity index (χ2n) is 4.36. The van der Waals surface area contributed by atoms with E-state index in [0.717, 1.165) is 15.9 Å². The molecule has 1 aromatic carbocycles. The molecule has 2 rings (SSSR count). The van der Waals surface area contributed by atoms with E-state index in [9.17, 15) is 9.18 Å². The fraction of sp³-hybridized carbons (Fsp3) is 0.286. The Morgan fingerprint density at radius 1 is 1.50 bits per heavy atom. The molecule has 0 radical (unpaired) electrons. The molecule has 0 fully saturated rings. The van der Waals surface area contributed by atoms with Gasteiger partial charge in [0.1, 0.15) is 5.82 Å². The van der Waals surface area contributed by atoms with Crippen molar-refractivity contribution in [2.45, 2.75) is 26.8 Å².